The molecule has 2 aliphatic rings. The summed E-state index contributed by atoms with van der Waals surface area (Å²) >= 11 is 0. The number of urea groups is 1. The molecule has 5 amide bonds. The highest BCUT2D eigenvalue weighted by atomic mass is 16.3. The summed E-state index contributed by atoms with van der Waals surface area (Å²) in [5.41, 5.74) is 6.35. The molecule has 0 spiro atoms. The van der Waals surface area contributed by atoms with Crippen LogP contribution in [0.25, 0.3) is 22.0 Å². The Labute approximate surface area is 352 Å². The van der Waals surface area contributed by atoms with Crippen molar-refractivity contribution in [3.63, 3.8) is 0 Å². The lowest BCUT2D eigenvalue weighted by Crippen LogP contribution is -2.76. The Morgan fingerprint density at radius 3 is 2.37 bits per heavy atom. The predicted molar refractivity (Wildman–Crippen MR) is 234 cm³/mol. The van der Waals surface area contributed by atoms with Gasteiger partial charge in [0.2, 0.25) is 17.7 Å². The summed E-state index contributed by atoms with van der Waals surface area (Å²) in [6, 6.07) is 28.9. The number of carbonyl (C=O) groups is 4. The minimum atomic E-state index is -0.903. The first kappa shape index (κ1) is 41.7. The molecule has 0 bridgehead atoms. The molecule has 0 saturated carbocycles. The van der Waals surface area contributed by atoms with Crippen LogP contribution in [0.4, 0.5) is 10.5 Å². The monoisotopic (exact) mass is 809 g/mol. The standard InChI is InChI=1S/C48H55N7O5/c1-4-6-7-8-12-18-43(57)50-38-23-21-36(22-24-38)41-31-51(3)46-37(16-13-17-40(41)46)30-52-32-44-54(42(47(52)59)28-34-19-25-39(56)26-20-34)45(58)33-53(27-5-2)55(44)48(60)49-29-35-14-10-9-11-15-35/h5,9-11,13-17,19-26,31,42,44,56H,2,4,6-8,12,18,27-30,32-33H2,1,3H3,(H,49,60)(H,50,57)/t42-,44-/m0/s1. The molecule has 3 N–H and O–H groups in total. The first-order chi connectivity index (χ1) is 29.1. The Morgan fingerprint density at radius 1 is 0.883 bits per heavy atom. The van der Waals surface area contributed by atoms with Gasteiger partial charge in [-0.05, 0) is 52.9 Å². The van der Waals surface area contributed by atoms with E-state index in [4.69, 9.17) is 0 Å². The Bertz CT molecular complexity index is 2310. The lowest BCUT2D eigenvalue weighted by molar-refractivity contribution is -0.189. The number of unbranched alkanes of at least 4 members (excludes halogenated alkanes) is 4. The number of phenols is 1. The number of hydrogen-bond donors (Lipinski definition) is 3. The summed E-state index contributed by atoms with van der Waals surface area (Å²) in [7, 11) is 1.99. The van der Waals surface area contributed by atoms with Crippen LogP contribution < -0.4 is 10.6 Å². The second-order valence-corrected chi connectivity index (χ2v) is 15.8. The van der Waals surface area contributed by atoms with Crippen LogP contribution >= 0.6 is 0 Å². The summed E-state index contributed by atoms with van der Waals surface area (Å²) in [4.78, 5) is 59.0. The highest BCUT2D eigenvalue weighted by molar-refractivity contribution is 5.99. The molecule has 0 unspecified atom stereocenters. The van der Waals surface area contributed by atoms with Crippen LogP contribution in [0.15, 0.2) is 116 Å². The molecule has 1 aromatic heterocycles. The van der Waals surface area contributed by atoms with Gasteiger partial charge in [-0.1, -0.05) is 111 Å². The zero-order chi connectivity index (χ0) is 42.2. The van der Waals surface area contributed by atoms with E-state index in [0.717, 1.165) is 63.7 Å². The van der Waals surface area contributed by atoms with Crippen molar-refractivity contribution in [2.75, 3.05) is 25.0 Å². The van der Waals surface area contributed by atoms with Gasteiger partial charge in [0.05, 0.1) is 18.6 Å². The van der Waals surface area contributed by atoms with E-state index in [1.165, 1.54) is 12.8 Å². The number of nitrogens with one attached hydrogen (secondary N) is 2. The molecular formula is C48H55N7O5. The number of benzene rings is 4. The largest absolute Gasteiger partial charge is 0.508 e. The summed E-state index contributed by atoms with van der Waals surface area (Å²) in [6.45, 7) is 6.84. The number of para-hydroxylation sites is 1. The Kier molecular flexibility index (Phi) is 13.3. The molecule has 2 fully saturated rings. The van der Waals surface area contributed by atoms with Crippen LogP contribution in [0.3, 0.4) is 0 Å². The van der Waals surface area contributed by atoms with E-state index in [-0.39, 0.29) is 68.6 Å². The Hall–Kier alpha value is -6.40. The van der Waals surface area contributed by atoms with E-state index < -0.39 is 12.2 Å². The lowest BCUT2D eigenvalue weighted by atomic mass is 9.97. The van der Waals surface area contributed by atoms with Crippen molar-refractivity contribution < 1.29 is 24.3 Å². The number of aromatic hydroxyl groups is 1. The van der Waals surface area contributed by atoms with Crippen LogP contribution in [0, 0.1) is 0 Å². The average molecular weight is 810 g/mol. The maximum atomic E-state index is 14.7. The number of aromatic nitrogens is 1. The molecule has 312 valence electrons. The smallest absolute Gasteiger partial charge is 0.334 e. The molecule has 7 rings (SSSR count). The molecule has 2 atom stereocenters. The molecule has 12 nitrogen and oxygen atoms in total. The third kappa shape index (κ3) is 9.39. The quantitative estimate of drug-likeness (QED) is 0.0696. The van der Waals surface area contributed by atoms with Gasteiger partial charge < -0.3 is 30.1 Å². The molecule has 5 aromatic rings. The molecule has 0 aliphatic carbocycles. The second kappa shape index (κ2) is 19.1. The number of phenolic OH excluding ortho intramolecular Hbond substituents is 1. The fourth-order valence-electron chi connectivity index (χ4n) is 8.52. The maximum Gasteiger partial charge on any atom is 0.334 e. The second-order valence-electron chi connectivity index (χ2n) is 15.8. The number of carbonyl (C=O) groups excluding carboxylic acids is 4. The number of rotatable bonds is 16. The Balaban J connectivity index is 1.17. The van der Waals surface area contributed by atoms with Gasteiger partial charge in [-0.15, -0.1) is 6.58 Å². The van der Waals surface area contributed by atoms with Crippen LogP contribution in [0.2, 0.25) is 0 Å². The fourth-order valence-corrected chi connectivity index (χ4v) is 8.52. The third-order valence-corrected chi connectivity index (χ3v) is 11.5. The Morgan fingerprint density at radius 2 is 1.63 bits per heavy atom. The van der Waals surface area contributed by atoms with Crippen LogP contribution in [0.5, 0.6) is 5.75 Å². The molecule has 2 aliphatic heterocycles. The minimum absolute atomic E-state index is 0.0247. The molecule has 4 aromatic carbocycles. The van der Waals surface area contributed by atoms with E-state index >= 15 is 0 Å². The van der Waals surface area contributed by atoms with E-state index in [2.05, 4.69) is 41.0 Å². The first-order valence-corrected chi connectivity index (χ1v) is 21.0. The van der Waals surface area contributed by atoms with Crippen LogP contribution in [-0.4, -0.2) is 85.1 Å². The van der Waals surface area contributed by atoms with Gasteiger partial charge in [0, 0.05) is 62.4 Å². The molecule has 3 heterocycles. The van der Waals surface area contributed by atoms with Crippen molar-refractivity contribution in [1.82, 2.24) is 29.7 Å². The summed E-state index contributed by atoms with van der Waals surface area (Å²) < 4.78 is 2.07. The SMILES string of the molecule is C=CCN1CC(=O)N2[C@@H](Cc3ccc(O)cc3)C(=O)N(Cc3cccc4c(-c5ccc(NC(=O)CCCCCCC)cc5)cn(C)c34)C[C@@H]2N1C(=O)NCc1ccccc1. The van der Waals surface area contributed by atoms with Gasteiger partial charge in [-0.2, -0.15) is 0 Å². The van der Waals surface area contributed by atoms with Gasteiger partial charge in [0.15, 0.2) is 0 Å². The number of fused-ring (bicyclic) bond motifs is 2. The van der Waals surface area contributed by atoms with Crippen molar-refractivity contribution in [2.24, 2.45) is 7.05 Å². The van der Waals surface area contributed by atoms with Gasteiger partial charge in [0.25, 0.3) is 0 Å². The first-order valence-electron chi connectivity index (χ1n) is 21.0. The van der Waals surface area contributed by atoms with Gasteiger partial charge in [0.1, 0.15) is 18.0 Å². The zero-order valence-corrected chi connectivity index (χ0v) is 34.6. The average Bonchev–Trinajstić information content (AvgIpc) is 3.59. The zero-order valence-electron chi connectivity index (χ0n) is 34.6. The number of piperazine rings is 1. The summed E-state index contributed by atoms with van der Waals surface area (Å²) in [6.07, 6.45) is 9.13. The number of hydrogen-bond acceptors (Lipinski definition) is 6. The lowest BCUT2D eigenvalue weighted by Gasteiger charge is -2.55. The molecule has 60 heavy (non-hydrogen) atoms. The van der Waals surface area contributed by atoms with E-state index in [1.807, 2.05) is 73.8 Å². The van der Waals surface area contributed by atoms with Crippen LogP contribution in [0.1, 0.15) is 62.1 Å². The molecular weight excluding hydrogens is 755 g/mol. The molecule has 12 heteroatoms. The van der Waals surface area contributed by atoms with Gasteiger partial charge in [-0.3, -0.25) is 14.4 Å². The maximum absolute atomic E-state index is 14.7. The van der Waals surface area contributed by atoms with Crippen molar-refractivity contribution >= 4 is 40.3 Å². The number of amides is 5. The van der Waals surface area contributed by atoms with Crippen LogP contribution in [-0.2, 0) is 40.9 Å². The topological polar surface area (TPSA) is 130 Å². The predicted octanol–water partition coefficient (Wildman–Crippen LogP) is 7.59. The highest BCUT2D eigenvalue weighted by Gasteiger charge is 2.51. The van der Waals surface area contributed by atoms with E-state index in [0.29, 0.717) is 6.42 Å². The van der Waals surface area contributed by atoms with Crippen molar-refractivity contribution in [1.29, 1.82) is 0 Å². The highest BCUT2D eigenvalue weighted by Crippen LogP contribution is 2.35. The fraction of sp³-hybridized carbons (Fsp3) is 0.333. The van der Waals surface area contributed by atoms with Gasteiger partial charge >= 0.3 is 6.03 Å². The number of nitrogens with zero attached hydrogens (tertiary/aromatic N) is 5. The van der Waals surface area contributed by atoms with Crippen molar-refractivity contribution in [3.8, 4) is 16.9 Å². The number of aryl methyl sites for hydroxylation is 1. The third-order valence-electron chi connectivity index (χ3n) is 11.5. The number of anilines is 1. The van der Waals surface area contributed by atoms with Crippen molar-refractivity contribution in [3.05, 3.63) is 133 Å². The molecule has 2 saturated heterocycles. The normalized spacial score (nSPS) is 16.9. The summed E-state index contributed by atoms with van der Waals surface area (Å²) in [5, 5.41) is 20.4. The number of hydrazine groups is 1. The minimum Gasteiger partial charge on any atom is -0.508 e. The van der Waals surface area contributed by atoms with Crippen molar-refractivity contribution in [2.45, 2.75) is 77.2 Å². The van der Waals surface area contributed by atoms with E-state index in [9.17, 15) is 24.3 Å². The molecule has 0 radical (unpaired) electrons. The van der Waals surface area contributed by atoms with Gasteiger partial charge in [-0.25, -0.2) is 14.8 Å². The van der Waals surface area contributed by atoms with E-state index in [1.54, 1.807) is 50.2 Å². The summed E-state index contributed by atoms with van der Waals surface area (Å²) in [5.74, 6) is -0.353.